The van der Waals surface area contributed by atoms with Gasteiger partial charge in [0, 0.05) is 83.4 Å². The summed E-state index contributed by atoms with van der Waals surface area (Å²) in [4.78, 5) is 4.75. The zero-order valence-electron chi connectivity index (χ0n) is 40.0. The molecular formula is C66H44N2O4. The van der Waals surface area contributed by atoms with Crippen LogP contribution in [0.15, 0.2) is 212 Å². The van der Waals surface area contributed by atoms with Crippen molar-refractivity contribution in [3.63, 3.8) is 0 Å². The number of para-hydroxylation sites is 2. The SMILES string of the molecule is Cc1cc(C)cc(N(c2ccc3oc4ccccc4c3c2)c2cc3oc4c(ccc5oc6cc(N(c7cc(C)cc(C)c7)c7ccc8oc9ccccc9c8c7)c7ccccc7c6c54)c3c3ccccc23)c1. The highest BCUT2D eigenvalue weighted by molar-refractivity contribution is 6.32. The van der Waals surface area contributed by atoms with Crippen LogP contribution in [-0.4, -0.2) is 0 Å². The molecule has 0 N–H and O–H groups in total. The molecule has 0 aliphatic rings. The summed E-state index contributed by atoms with van der Waals surface area (Å²) in [6.07, 6.45) is 0. The van der Waals surface area contributed by atoms with E-state index >= 15 is 0 Å². The summed E-state index contributed by atoms with van der Waals surface area (Å²) in [5.41, 5.74) is 17.6. The highest BCUT2D eigenvalue weighted by atomic mass is 16.3. The van der Waals surface area contributed by atoms with Crippen LogP contribution >= 0.6 is 0 Å². The lowest BCUT2D eigenvalue weighted by Gasteiger charge is -2.28. The number of rotatable bonds is 6. The zero-order chi connectivity index (χ0) is 47.9. The normalized spacial score (nSPS) is 12.2. The van der Waals surface area contributed by atoms with Gasteiger partial charge in [-0.25, -0.2) is 0 Å². The molecule has 0 fully saturated rings. The Bertz CT molecular complexity index is 4730. The molecule has 0 unspecified atom stereocenters. The first-order chi connectivity index (χ1) is 35.3. The summed E-state index contributed by atoms with van der Waals surface area (Å²) in [5.74, 6) is 0. The van der Waals surface area contributed by atoms with Crippen molar-refractivity contribution in [3.8, 4) is 0 Å². The molecule has 0 radical (unpaired) electrons. The van der Waals surface area contributed by atoms with Gasteiger partial charge in [-0.15, -0.1) is 0 Å². The van der Waals surface area contributed by atoms with Crippen LogP contribution in [0, 0.1) is 27.7 Å². The predicted molar refractivity (Wildman–Crippen MR) is 299 cm³/mol. The Labute approximate surface area is 413 Å². The van der Waals surface area contributed by atoms with Gasteiger partial charge in [0.05, 0.1) is 16.8 Å². The Hall–Kier alpha value is -9.26. The van der Waals surface area contributed by atoms with Gasteiger partial charge in [-0.2, -0.15) is 0 Å². The lowest BCUT2D eigenvalue weighted by Crippen LogP contribution is -2.11. The van der Waals surface area contributed by atoms with Crippen LogP contribution in [-0.2, 0) is 0 Å². The third-order valence-corrected chi connectivity index (χ3v) is 14.7. The molecule has 342 valence electrons. The van der Waals surface area contributed by atoms with Gasteiger partial charge >= 0.3 is 0 Å². The minimum absolute atomic E-state index is 0.769. The molecule has 4 aromatic heterocycles. The molecular weight excluding hydrogens is 885 g/mol. The summed E-state index contributed by atoms with van der Waals surface area (Å²) in [6.45, 7) is 8.65. The monoisotopic (exact) mass is 928 g/mol. The lowest BCUT2D eigenvalue weighted by atomic mass is 9.98. The summed E-state index contributed by atoms with van der Waals surface area (Å²) in [6, 6.07) is 69.2. The van der Waals surface area contributed by atoms with Gasteiger partial charge in [0.15, 0.2) is 0 Å². The second kappa shape index (κ2) is 15.1. The minimum Gasteiger partial charge on any atom is -0.456 e. The van der Waals surface area contributed by atoms with Gasteiger partial charge in [-0.05, 0) is 146 Å². The molecule has 72 heavy (non-hydrogen) atoms. The van der Waals surface area contributed by atoms with Crippen LogP contribution in [0.4, 0.5) is 34.1 Å². The number of hydrogen-bond acceptors (Lipinski definition) is 6. The Balaban J connectivity index is 0.982. The van der Waals surface area contributed by atoms with Gasteiger partial charge in [0.2, 0.25) is 0 Å². The fourth-order valence-corrected chi connectivity index (χ4v) is 11.9. The molecule has 0 spiro atoms. The largest absolute Gasteiger partial charge is 0.456 e. The lowest BCUT2D eigenvalue weighted by molar-refractivity contribution is 0.663. The predicted octanol–water partition coefficient (Wildman–Crippen LogP) is 19.8. The molecule has 0 amide bonds. The molecule has 11 aromatic carbocycles. The minimum atomic E-state index is 0.769. The van der Waals surface area contributed by atoms with Gasteiger partial charge in [0.1, 0.15) is 44.7 Å². The second-order valence-corrected chi connectivity index (χ2v) is 19.6. The van der Waals surface area contributed by atoms with Gasteiger partial charge < -0.3 is 27.5 Å². The van der Waals surface area contributed by atoms with Crippen LogP contribution in [0.5, 0.6) is 0 Å². The molecule has 0 saturated carbocycles. The van der Waals surface area contributed by atoms with Crippen molar-refractivity contribution in [2.45, 2.75) is 27.7 Å². The number of aryl methyl sites for hydroxylation is 4. The molecule has 15 rings (SSSR count). The Morgan fingerprint density at radius 3 is 1.17 bits per heavy atom. The van der Waals surface area contributed by atoms with E-state index in [1.807, 2.05) is 24.3 Å². The van der Waals surface area contributed by atoms with Crippen molar-refractivity contribution < 1.29 is 17.7 Å². The first kappa shape index (κ1) is 40.6. The standard InChI is InChI=1S/C66H44N2O4/c1-37-27-38(2)30-43(29-37)67(41-21-24-58-52(33-41)47-15-9-11-19-56(47)69-58)54-35-61-63(49-17-7-5-13-45(49)54)51-23-26-60-65(66(51)72-61)64-50-18-8-6-14-46(50)55(36-62(64)71-60)68(44-31-39(3)28-40(4)32-44)42-22-25-59-53(34-42)48-16-10-12-20-57(48)70-59/h5-36H,1-4H3. The zero-order valence-corrected chi connectivity index (χ0v) is 40.0. The average Bonchev–Trinajstić information content (AvgIpc) is 4.16. The number of fused-ring (bicyclic) bond motifs is 17. The van der Waals surface area contributed by atoms with E-state index in [0.29, 0.717) is 0 Å². The van der Waals surface area contributed by atoms with Crippen molar-refractivity contribution >= 4 is 143 Å². The van der Waals surface area contributed by atoms with Gasteiger partial charge in [0.25, 0.3) is 0 Å². The van der Waals surface area contributed by atoms with E-state index in [9.17, 15) is 0 Å². The maximum Gasteiger partial charge on any atom is 0.147 e. The van der Waals surface area contributed by atoms with Crippen LogP contribution in [0.3, 0.4) is 0 Å². The summed E-state index contributed by atoms with van der Waals surface area (Å²) in [5, 5.41) is 12.8. The van der Waals surface area contributed by atoms with E-state index in [0.717, 1.165) is 143 Å². The number of benzene rings is 11. The van der Waals surface area contributed by atoms with E-state index < -0.39 is 0 Å². The Morgan fingerprint density at radius 2 is 0.653 bits per heavy atom. The quantitative estimate of drug-likeness (QED) is 0.166. The van der Waals surface area contributed by atoms with E-state index in [-0.39, 0.29) is 0 Å². The maximum atomic E-state index is 7.30. The Morgan fingerprint density at radius 1 is 0.250 bits per heavy atom. The average molecular weight is 929 g/mol. The van der Waals surface area contributed by atoms with E-state index in [1.165, 1.54) is 22.3 Å². The fourth-order valence-electron chi connectivity index (χ4n) is 11.9. The molecule has 15 aromatic rings. The number of anilines is 6. The topological polar surface area (TPSA) is 59.0 Å². The van der Waals surface area contributed by atoms with Gasteiger partial charge in [-0.3, -0.25) is 0 Å². The van der Waals surface area contributed by atoms with Crippen LogP contribution in [0.1, 0.15) is 22.3 Å². The molecule has 0 aliphatic carbocycles. The first-order valence-electron chi connectivity index (χ1n) is 24.5. The summed E-state index contributed by atoms with van der Waals surface area (Å²) in [7, 11) is 0. The Kier molecular flexibility index (Phi) is 8.53. The third kappa shape index (κ3) is 6.02. The summed E-state index contributed by atoms with van der Waals surface area (Å²) < 4.78 is 27.0. The molecule has 0 bridgehead atoms. The van der Waals surface area contributed by atoms with Crippen molar-refractivity contribution in [2.75, 3.05) is 9.80 Å². The molecule has 4 heterocycles. The van der Waals surface area contributed by atoms with Gasteiger partial charge in [-0.1, -0.05) is 97.1 Å². The van der Waals surface area contributed by atoms with Crippen LogP contribution in [0.25, 0.3) is 109 Å². The van der Waals surface area contributed by atoms with Crippen LogP contribution < -0.4 is 9.80 Å². The highest BCUT2D eigenvalue weighted by Gasteiger charge is 2.26. The van der Waals surface area contributed by atoms with Crippen molar-refractivity contribution in [1.82, 2.24) is 0 Å². The maximum absolute atomic E-state index is 7.30. The van der Waals surface area contributed by atoms with Crippen molar-refractivity contribution in [3.05, 3.63) is 216 Å². The molecule has 0 aliphatic heterocycles. The first-order valence-corrected chi connectivity index (χ1v) is 24.5. The fraction of sp³-hybridized carbons (Fsp3) is 0.0606. The van der Waals surface area contributed by atoms with Crippen molar-refractivity contribution in [2.24, 2.45) is 0 Å². The smallest absolute Gasteiger partial charge is 0.147 e. The highest BCUT2D eigenvalue weighted by Crippen LogP contribution is 2.51. The summed E-state index contributed by atoms with van der Waals surface area (Å²) >= 11 is 0. The van der Waals surface area contributed by atoms with E-state index in [2.05, 4.69) is 207 Å². The number of nitrogens with zero attached hydrogens (tertiary/aromatic N) is 2. The number of hydrogen-bond donors (Lipinski definition) is 0. The second-order valence-electron chi connectivity index (χ2n) is 19.6. The number of furan rings is 4. The molecule has 0 atom stereocenters. The van der Waals surface area contributed by atoms with Crippen LogP contribution in [0.2, 0.25) is 0 Å². The van der Waals surface area contributed by atoms with Crippen molar-refractivity contribution in [1.29, 1.82) is 0 Å². The van der Waals surface area contributed by atoms with E-state index in [4.69, 9.17) is 17.7 Å². The van der Waals surface area contributed by atoms with E-state index in [1.54, 1.807) is 0 Å². The third-order valence-electron chi connectivity index (χ3n) is 14.7. The molecule has 6 nitrogen and oxygen atoms in total. The molecule has 0 saturated heterocycles. The molecule has 6 heteroatoms.